The van der Waals surface area contributed by atoms with Gasteiger partial charge in [-0.05, 0) is 13.2 Å². The lowest BCUT2D eigenvalue weighted by molar-refractivity contribution is 0.959. The van der Waals surface area contributed by atoms with E-state index in [2.05, 4.69) is 18.4 Å². The molecule has 0 heterocycles. The van der Waals surface area contributed by atoms with Crippen molar-refractivity contribution in [1.82, 2.24) is 5.32 Å². The van der Waals surface area contributed by atoms with Gasteiger partial charge in [-0.2, -0.15) is 0 Å². The van der Waals surface area contributed by atoms with Crippen LogP contribution in [0.15, 0.2) is 0 Å². The van der Waals surface area contributed by atoms with E-state index < -0.39 is 0 Å². The van der Waals surface area contributed by atoms with Gasteiger partial charge in [-0.15, -0.1) is 0 Å². The maximum Gasteiger partial charge on any atom is 0.0466 e. The molecule has 0 atom stereocenters. The molecule has 0 aliphatic heterocycles. The molecule has 0 spiro atoms. The van der Waals surface area contributed by atoms with Gasteiger partial charge in [0, 0.05) is 8.80 Å². The van der Waals surface area contributed by atoms with Crippen LogP contribution in [-0.2, 0) is 0 Å². The SMILES string of the molecule is C.CNC[SiH](C)C. The lowest BCUT2D eigenvalue weighted by Crippen LogP contribution is -2.21. The third-order valence-corrected chi connectivity index (χ3v) is 1.84. The molecule has 0 fully saturated rings. The fourth-order valence-electron chi connectivity index (χ4n) is 0.408. The van der Waals surface area contributed by atoms with Crippen LogP contribution >= 0.6 is 0 Å². The fourth-order valence-corrected chi connectivity index (χ4v) is 1.22. The van der Waals surface area contributed by atoms with Crippen molar-refractivity contribution in [2.75, 3.05) is 13.2 Å². The van der Waals surface area contributed by atoms with Crippen LogP contribution in [0.5, 0.6) is 0 Å². The molecule has 0 aliphatic rings. The van der Waals surface area contributed by atoms with E-state index in [-0.39, 0.29) is 16.2 Å². The molecule has 0 aliphatic carbocycles. The number of hydrogen-bond acceptors (Lipinski definition) is 1. The summed E-state index contributed by atoms with van der Waals surface area (Å²) in [6, 6.07) is 0. The van der Waals surface area contributed by atoms with Crippen LogP contribution in [0.4, 0.5) is 0 Å². The van der Waals surface area contributed by atoms with Crippen molar-refractivity contribution in [2.45, 2.75) is 20.5 Å². The van der Waals surface area contributed by atoms with Crippen LogP contribution in [0.1, 0.15) is 7.43 Å². The maximum atomic E-state index is 3.13. The standard InChI is InChI=1S/C4H13NSi.CH4/c1-5-4-6(2)3;/h5-6H,4H2,1-3H3;1H4. The zero-order valence-electron chi connectivity index (χ0n) is 4.78. The van der Waals surface area contributed by atoms with Crippen molar-refractivity contribution in [1.29, 1.82) is 0 Å². The zero-order chi connectivity index (χ0) is 4.99. The molecule has 46 valence electrons. The molecule has 0 aromatic heterocycles. The van der Waals surface area contributed by atoms with Gasteiger partial charge >= 0.3 is 0 Å². The highest BCUT2D eigenvalue weighted by Crippen LogP contribution is 1.70. The Morgan fingerprint density at radius 3 is 1.86 bits per heavy atom. The summed E-state index contributed by atoms with van der Waals surface area (Å²) in [6.45, 7) is 4.66. The predicted molar refractivity (Wildman–Crippen MR) is 39.5 cm³/mol. The number of hydrogen-bond donors (Lipinski definition) is 1. The first-order valence-corrected chi connectivity index (χ1v) is 5.54. The van der Waals surface area contributed by atoms with Gasteiger partial charge in [0.05, 0.1) is 0 Å². The first kappa shape index (κ1) is 10.2. The van der Waals surface area contributed by atoms with Crippen molar-refractivity contribution < 1.29 is 0 Å². The summed E-state index contributed by atoms with van der Waals surface area (Å²) in [7, 11) is 1.73. The van der Waals surface area contributed by atoms with E-state index >= 15 is 0 Å². The van der Waals surface area contributed by atoms with Gasteiger partial charge in [0.15, 0.2) is 0 Å². The summed E-state index contributed by atoms with van der Waals surface area (Å²) < 4.78 is 0. The highest BCUT2D eigenvalue weighted by atomic mass is 28.3. The minimum Gasteiger partial charge on any atom is -0.323 e. The van der Waals surface area contributed by atoms with Crippen molar-refractivity contribution in [2.24, 2.45) is 0 Å². The molecule has 0 unspecified atom stereocenters. The predicted octanol–water partition coefficient (Wildman–Crippen LogP) is 0.868. The lowest BCUT2D eigenvalue weighted by atomic mass is 11.2. The van der Waals surface area contributed by atoms with Crippen molar-refractivity contribution in [3.05, 3.63) is 0 Å². The van der Waals surface area contributed by atoms with Crippen LogP contribution in [0.2, 0.25) is 13.1 Å². The topological polar surface area (TPSA) is 12.0 Å². The summed E-state index contributed by atoms with van der Waals surface area (Å²) in [4.78, 5) is 0. The fraction of sp³-hybridized carbons (Fsp3) is 1.00. The van der Waals surface area contributed by atoms with E-state index in [1.807, 2.05) is 7.05 Å². The van der Waals surface area contributed by atoms with Gasteiger partial charge in [0.25, 0.3) is 0 Å². The second kappa shape index (κ2) is 6.18. The Labute approximate surface area is 48.7 Å². The normalized spacial score (nSPS) is 8.57. The van der Waals surface area contributed by atoms with Gasteiger partial charge in [-0.3, -0.25) is 0 Å². The molecule has 0 aromatic carbocycles. The Kier molecular flexibility index (Phi) is 9.02. The Morgan fingerprint density at radius 1 is 1.43 bits per heavy atom. The minimum absolute atomic E-state index is 0. The third-order valence-electron chi connectivity index (χ3n) is 0.612. The molecule has 1 nitrogen and oxygen atoms in total. The molecule has 0 radical (unpaired) electrons. The Morgan fingerprint density at radius 2 is 1.86 bits per heavy atom. The van der Waals surface area contributed by atoms with Crippen LogP contribution in [-0.4, -0.2) is 22.0 Å². The molecular weight excluding hydrogens is 102 g/mol. The van der Waals surface area contributed by atoms with E-state index in [0.29, 0.717) is 0 Å². The average molecular weight is 119 g/mol. The van der Waals surface area contributed by atoms with Gasteiger partial charge < -0.3 is 5.32 Å². The largest absolute Gasteiger partial charge is 0.323 e. The molecule has 1 N–H and O–H groups in total. The second-order valence-electron chi connectivity index (χ2n) is 1.95. The Bertz CT molecular complexity index is 29.3. The molecule has 0 aromatic rings. The van der Waals surface area contributed by atoms with Gasteiger partial charge in [0.1, 0.15) is 0 Å². The quantitative estimate of drug-likeness (QED) is 0.532. The van der Waals surface area contributed by atoms with Crippen molar-refractivity contribution >= 4 is 8.80 Å². The van der Waals surface area contributed by atoms with E-state index in [1.165, 1.54) is 6.17 Å². The Hall–Kier alpha value is 0.177. The lowest BCUT2D eigenvalue weighted by Gasteiger charge is -1.96. The van der Waals surface area contributed by atoms with E-state index in [4.69, 9.17) is 0 Å². The maximum absolute atomic E-state index is 3.13. The van der Waals surface area contributed by atoms with Crippen LogP contribution in [0.25, 0.3) is 0 Å². The summed E-state index contributed by atoms with van der Waals surface area (Å²) in [5.41, 5.74) is 0. The molecule has 2 heteroatoms. The molecular formula is C5H17NSi. The van der Waals surface area contributed by atoms with Gasteiger partial charge in [0.2, 0.25) is 0 Å². The molecule has 7 heavy (non-hydrogen) atoms. The van der Waals surface area contributed by atoms with Gasteiger partial charge in [-0.25, -0.2) is 0 Å². The molecule has 0 bridgehead atoms. The van der Waals surface area contributed by atoms with E-state index in [9.17, 15) is 0 Å². The molecule has 0 saturated heterocycles. The van der Waals surface area contributed by atoms with Crippen molar-refractivity contribution in [3.63, 3.8) is 0 Å². The summed E-state index contributed by atoms with van der Waals surface area (Å²) in [6.07, 6.45) is 1.26. The molecule has 0 saturated carbocycles. The first-order chi connectivity index (χ1) is 2.77. The third kappa shape index (κ3) is 10.7. The van der Waals surface area contributed by atoms with Crippen LogP contribution < -0.4 is 5.32 Å². The molecule has 0 amide bonds. The van der Waals surface area contributed by atoms with Crippen LogP contribution in [0, 0.1) is 0 Å². The zero-order valence-corrected chi connectivity index (χ0v) is 5.94. The summed E-state index contributed by atoms with van der Waals surface area (Å²) in [5, 5.41) is 3.13. The van der Waals surface area contributed by atoms with E-state index in [0.717, 1.165) is 0 Å². The Balaban J connectivity index is 0. The number of rotatable bonds is 2. The van der Waals surface area contributed by atoms with Crippen LogP contribution in [0.3, 0.4) is 0 Å². The monoisotopic (exact) mass is 119 g/mol. The van der Waals surface area contributed by atoms with E-state index in [1.54, 1.807) is 0 Å². The average Bonchev–Trinajstić information content (AvgIpc) is 1.35. The smallest absolute Gasteiger partial charge is 0.0466 e. The van der Waals surface area contributed by atoms with Gasteiger partial charge in [-0.1, -0.05) is 20.5 Å². The highest BCUT2D eigenvalue weighted by Gasteiger charge is 1.87. The highest BCUT2D eigenvalue weighted by molar-refractivity contribution is 6.55. The number of nitrogens with one attached hydrogen (secondary N) is 1. The summed E-state index contributed by atoms with van der Waals surface area (Å²) in [5.74, 6) is 0. The molecule has 0 rings (SSSR count). The summed E-state index contributed by atoms with van der Waals surface area (Å²) >= 11 is 0. The minimum atomic E-state index is -0.282. The second-order valence-corrected chi connectivity index (χ2v) is 5.15. The van der Waals surface area contributed by atoms with Crippen molar-refractivity contribution in [3.8, 4) is 0 Å². The first-order valence-electron chi connectivity index (χ1n) is 2.42.